The lowest BCUT2D eigenvalue weighted by molar-refractivity contribution is 0.102. The van der Waals surface area contributed by atoms with E-state index in [1.165, 1.54) is 22.6 Å². The van der Waals surface area contributed by atoms with Gasteiger partial charge >= 0.3 is 0 Å². The number of hydrogen-bond donors (Lipinski definition) is 1. The molecule has 0 fully saturated rings. The molecule has 34 heavy (non-hydrogen) atoms. The second-order valence-electron chi connectivity index (χ2n) is 8.07. The van der Waals surface area contributed by atoms with Crippen molar-refractivity contribution in [3.05, 3.63) is 107 Å². The predicted octanol–water partition coefficient (Wildman–Crippen LogP) is 4.56. The molecule has 0 saturated heterocycles. The number of benzene rings is 3. The zero-order valence-corrected chi connectivity index (χ0v) is 20.1. The topological polar surface area (TPSA) is 84.3 Å². The third-order valence-corrected chi connectivity index (χ3v) is 7.48. The molecule has 1 amide bonds. The van der Waals surface area contributed by atoms with Gasteiger partial charge in [0, 0.05) is 19.3 Å². The highest BCUT2D eigenvalue weighted by atomic mass is 32.2. The van der Waals surface area contributed by atoms with Crippen LogP contribution in [-0.2, 0) is 16.6 Å². The van der Waals surface area contributed by atoms with Crippen LogP contribution >= 0.6 is 0 Å². The molecule has 3 aromatic carbocycles. The van der Waals surface area contributed by atoms with Crippen LogP contribution in [0.25, 0.3) is 5.69 Å². The first-order valence-corrected chi connectivity index (χ1v) is 12.2. The van der Waals surface area contributed by atoms with Gasteiger partial charge < -0.3 is 5.32 Å². The average Bonchev–Trinajstić information content (AvgIpc) is 3.21. The van der Waals surface area contributed by atoms with Crippen molar-refractivity contribution in [3.63, 3.8) is 0 Å². The minimum atomic E-state index is -3.67. The Morgan fingerprint density at radius 1 is 0.941 bits per heavy atom. The number of carbonyl (C=O) groups excluding carboxylic acids is 1. The largest absolute Gasteiger partial charge is 0.322 e. The van der Waals surface area contributed by atoms with Crippen molar-refractivity contribution in [2.24, 2.45) is 0 Å². The van der Waals surface area contributed by atoms with E-state index in [9.17, 15) is 13.2 Å². The summed E-state index contributed by atoms with van der Waals surface area (Å²) in [6, 6.07) is 23.4. The summed E-state index contributed by atoms with van der Waals surface area (Å²) in [6.45, 7) is 4.10. The van der Waals surface area contributed by atoms with Crippen LogP contribution in [0.4, 0.5) is 5.69 Å². The van der Waals surface area contributed by atoms with Crippen molar-refractivity contribution in [3.8, 4) is 5.69 Å². The number of amides is 1. The van der Waals surface area contributed by atoms with Gasteiger partial charge in [-0.2, -0.15) is 9.40 Å². The van der Waals surface area contributed by atoms with Crippen molar-refractivity contribution >= 4 is 21.6 Å². The van der Waals surface area contributed by atoms with E-state index in [0.717, 1.165) is 16.8 Å². The maximum absolute atomic E-state index is 12.9. The number of nitrogens with one attached hydrogen (secondary N) is 1. The summed E-state index contributed by atoms with van der Waals surface area (Å²) < 4.78 is 28.9. The van der Waals surface area contributed by atoms with Gasteiger partial charge in [-0.15, -0.1) is 0 Å². The first kappa shape index (κ1) is 23.4. The van der Waals surface area contributed by atoms with Crippen LogP contribution in [-0.4, -0.2) is 35.5 Å². The van der Waals surface area contributed by atoms with Crippen molar-refractivity contribution < 1.29 is 13.2 Å². The van der Waals surface area contributed by atoms with E-state index in [0.29, 0.717) is 16.9 Å². The van der Waals surface area contributed by atoms with Crippen molar-refractivity contribution in [1.82, 2.24) is 14.1 Å². The van der Waals surface area contributed by atoms with E-state index in [2.05, 4.69) is 10.4 Å². The van der Waals surface area contributed by atoms with Crippen LogP contribution in [0.1, 0.15) is 27.2 Å². The minimum Gasteiger partial charge on any atom is -0.322 e. The van der Waals surface area contributed by atoms with E-state index in [-0.39, 0.29) is 17.3 Å². The van der Waals surface area contributed by atoms with Crippen LogP contribution in [0.15, 0.2) is 90.0 Å². The molecule has 0 saturated carbocycles. The smallest absolute Gasteiger partial charge is 0.259 e. The fraction of sp³-hybridized carbons (Fsp3) is 0.154. The maximum atomic E-state index is 12.9. The molecule has 1 N–H and O–H groups in total. The monoisotopic (exact) mass is 474 g/mol. The fourth-order valence-corrected chi connectivity index (χ4v) is 4.85. The van der Waals surface area contributed by atoms with Gasteiger partial charge in [-0.25, -0.2) is 13.1 Å². The molecule has 0 aliphatic rings. The normalized spacial score (nSPS) is 11.5. The third-order valence-electron chi connectivity index (χ3n) is 5.67. The van der Waals surface area contributed by atoms with Crippen molar-refractivity contribution in [2.45, 2.75) is 25.3 Å². The Labute approximate surface area is 199 Å². The highest BCUT2D eigenvalue weighted by Gasteiger charge is 2.21. The van der Waals surface area contributed by atoms with Crippen LogP contribution in [0, 0.1) is 13.8 Å². The summed E-state index contributed by atoms with van der Waals surface area (Å²) >= 11 is 0. The quantitative estimate of drug-likeness (QED) is 0.426. The number of sulfonamides is 1. The maximum Gasteiger partial charge on any atom is 0.259 e. The molecule has 1 heterocycles. The van der Waals surface area contributed by atoms with E-state index in [4.69, 9.17) is 0 Å². The van der Waals surface area contributed by atoms with E-state index in [1.54, 1.807) is 23.9 Å². The highest BCUT2D eigenvalue weighted by molar-refractivity contribution is 7.89. The molecule has 0 atom stereocenters. The lowest BCUT2D eigenvalue weighted by atomic mass is 10.2. The molecule has 0 radical (unpaired) electrons. The van der Waals surface area contributed by atoms with Gasteiger partial charge in [0.1, 0.15) is 0 Å². The van der Waals surface area contributed by atoms with Crippen molar-refractivity contribution in [2.75, 3.05) is 12.4 Å². The number of carbonyl (C=O) groups is 1. The zero-order chi connectivity index (χ0) is 24.3. The molecule has 4 aromatic rings. The number of aryl methyl sites for hydroxylation is 1. The predicted molar refractivity (Wildman–Crippen MR) is 133 cm³/mol. The van der Waals surface area contributed by atoms with Gasteiger partial charge in [0.25, 0.3) is 5.91 Å². The van der Waals surface area contributed by atoms with Gasteiger partial charge in [-0.3, -0.25) is 4.79 Å². The van der Waals surface area contributed by atoms with E-state index >= 15 is 0 Å². The Hall–Kier alpha value is -3.75. The summed E-state index contributed by atoms with van der Waals surface area (Å²) in [4.78, 5) is 13.0. The molecule has 0 aliphatic carbocycles. The number of rotatable bonds is 7. The zero-order valence-electron chi connectivity index (χ0n) is 19.3. The number of aromatic nitrogens is 2. The number of para-hydroxylation sites is 1. The second kappa shape index (κ2) is 9.62. The van der Waals surface area contributed by atoms with Gasteiger partial charge in [-0.05, 0) is 55.3 Å². The molecule has 1 aromatic heterocycles. The molecule has 0 aliphatic heterocycles. The molecule has 0 bridgehead atoms. The van der Waals surface area contributed by atoms with Gasteiger partial charge in [0.05, 0.1) is 28.0 Å². The van der Waals surface area contributed by atoms with Gasteiger partial charge in [0.15, 0.2) is 0 Å². The lowest BCUT2D eigenvalue weighted by Crippen LogP contribution is -2.26. The molecule has 0 spiro atoms. The molecule has 4 rings (SSSR count). The second-order valence-corrected chi connectivity index (χ2v) is 10.1. The summed E-state index contributed by atoms with van der Waals surface area (Å²) in [7, 11) is -2.12. The molecule has 7 nitrogen and oxygen atoms in total. The fourth-order valence-electron chi connectivity index (χ4n) is 3.69. The Morgan fingerprint density at radius 2 is 1.59 bits per heavy atom. The number of nitrogens with zero attached hydrogens (tertiary/aromatic N) is 3. The Kier molecular flexibility index (Phi) is 6.63. The average molecular weight is 475 g/mol. The molecular formula is C26H26N4O3S. The Morgan fingerprint density at radius 3 is 2.26 bits per heavy atom. The lowest BCUT2D eigenvalue weighted by Gasteiger charge is -2.17. The summed E-state index contributed by atoms with van der Waals surface area (Å²) in [5.74, 6) is -0.311. The first-order chi connectivity index (χ1) is 16.3. The van der Waals surface area contributed by atoms with Crippen LogP contribution in [0.2, 0.25) is 0 Å². The Balaban J connectivity index is 1.48. The third kappa shape index (κ3) is 4.78. The standard InChI is InChI=1S/C26H26N4O3S/c1-19-9-7-8-12-25(19)30-20(2)24(17-27-30)26(31)28-22-13-15-23(16-14-22)34(32,33)29(3)18-21-10-5-4-6-11-21/h4-17H,18H2,1-3H3,(H,28,31). The molecule has 8 heteroatoms. The van der Waals surface area contributed by atoms with Crippen LogP contribution < -0.4 is 5.32 Å². The van der Waals surface area contributed by atoms with E-state index < -0.39 is 10.0 Å². The molecule has 0 unspecified atom stereocenters. The number of hydrogen-bond acceptors (Lipinski definition) is 4. The van der Waals surface area contributed by atoms with E-state index in [1.807, 2.05) is 68.4 Å². The summed E-state index contributed by atoms with van der Waals surface area (Å²) in [6.07, 6.45) is 1.54. The number of anilines is 1. The van der Waals surface area contributed by atoms with Crippen molar-refractivity contribution in [1.29, 1.82) is 0 Å². The SMILES string of the molecule is Cc1ccccc1-n1ncc(C(=O)Nc2ccc(S(=O)(=O)N(C)Cc3ccccc3)cc2)c1C. The summed E-state index contributed by atoms with van der Waals surface area (Å²) in [5.41, 5.74) is 4.52. The van der Waals surface area contributed by atoms with Gasteiger partial charge in [-0.1, -0.05) is 48.5 Å². The first-order valence-electron chi connectivity index (χ1n) is 10.8. The van der Waals surface area contributed by atoms with Gasteiger partial charge in [0.2, 0.25) is 10.0 Å². The highest BCUT2D eigenvalue weighted by Crippen LogP contribution is 2.21. The molecule has 174 valence electrons. The summed E-state index contributed by atoms with van der Waals surface area (Å²) in [5, 5.41) is 7.21. The minimum absolute atomic E-state index is 0.160. The molecular weight excluding hydrogens is 448 g/mol. The van der Waals surface area contributed by atoms with Crippen LogP contribution in [0.5, 0.6) is 0 Å². The van der Waals surface area contributed by atoms with Crippen LogP contribution in [0.3, 0.4) is 0 Å². The Bertz CT molecular complexity index is 1410.